The lowest BCUT2D eigenvalue weighted by Crippen LogP contribution is -2.43. The molecule has 10 heteroatoms. The summed E-state index contributed by atoms with van der Waals surface area (Å²) in [6, 6.07) is -0.993. The maximum Gasteiger partial charge on any atom is 0.434 e. The van der Waals surface area contributed by atoms with Crippen molar-refractivity contribution < 1.29 is 27.5 Å². The number of nitrogens with zero attached hydrogens (tertiary/aromatic N) is 1. The van der Waals surface area contributed by atoms with Crippen molar-refractivity contribution in [1.82, 2.24) is 10.3 Å². The van der Waals surface area contributed by atoms with E-state index in [1.54, 1.807) is 20.8 Å². The van der Waals surface area contributed by atoms with Gasteiger partial charge in [-0.3, -0.25) is 4.79 Å². The topological polar surface area (TPSA) is 80.3 Å². The van der Waals surface area contributed by atoms with E-state index in [1.807, 2.05) is 0 Å². The van der Waals surface area contributed by atoms with E-state index in [9.17, 15) is 22.8 Å². The van der Waals surface area contributed by atoms with Gasteiger partial charge in [-0.1, -0.05) is 0 Å². The standard InChI is InChI=1S/C12H16F3N3O3S/c1-6(16-10(20)21-11(2,3)4)8(19)18-9-17-7(5-22-9)12(13,14)15/h5-6H,1-4H3,(H,16,20)(H,17,18,19). The van der Waals surface area contributed by atoms with E-state index in [0.717, 1.165) is 5.38 Å². The number of halogens is 3. The fraction of sp³-hybridized carbons (Fsp3) is 0.583. The molecule has 1 atom stereocenters. The van der Waals surface area contributed by atoms with Crippen molar-refractivity contribution in [2.45, 2.75) is 45.5 Å². The van der Waals surface area contributed by atoms with E-state index in [4.69, 9.17) is 4.74 Å². The van der Waals surface area contributed by atoms with Gasteiger partial charge in [-0.15, -0.1) is 11.3 Å². The van der Waals surface area contributed by atoms with Crippen LogP contribution in [0.25, 0.3) is 0 Å². The zero-order chi connectivity index (χ0) is 17.1. The second-order valence-corrected chi connectivity index (χ2v) is 6.25. The van der Waals surface area contributed by atoms with Crippen LogP contribution >= 0.6 is 11.3 Å². The van der Waals surface area contributed by atoms with Gasteiger partial charge < -0.3 is 15.4 Å². The molecule has 22 heavy (non-hydrogen) atoms. The lowest BCUT2D eigenvalue weighted by Gasteiger charge is -2.21. The molecule has 6 nitrogen and oxygen atoms in total. The van der Waals surface area contributed by atoms with Gasteiger partial charge in [-0.05, 0) is 27.7 Å². The fourth-order valence-corrected chi connectivity index (χ4v) is 1.95. The Labute approximate surface area is 129 Å². The molecule has 0 aliphatic carbocycles. The van der Waals surface area contributed by atoms with Crippen LogP contribution in [-0.4, -0.2) is 28.6 Å². The molecule has 0 aliphatic rings. The summed E-state index contributed by atoms with van der Waals surface area (Å²) in [4.78, 5) is 26.5. The third-order valence-corrected chi connectivity index (χ3v) is 2.91. The highest BCUT2D eigenvalue weighted by molar-refractivity contribution is 7.13. The molecule has 1 heterocycles. The number of hydrogen-bond donors (Lipinski definition) is 2. The molecular formula is C12H16F3N3O3S. The number of thiazole rings is 1. The Morgan fingerprint density at radius 1 is 1.32 bits per heavy atom. The van der Waals surface area contributed by atoms with Gasteiger partial charge in [0.15, 0.2) is 10.8 Å². The van der Waals surface area contributed by atoms with Gasteiger partial charge in [0.05, 0.1) is 0 Å². The Hall–Kier alpha value is -1.84. The quantitative estimate of drug-likeness (QED) is 0.887. The minimum Gasteiger partial charge on any atom is -0.444 e. The fourth-order valence-electron chi connectivity index (χ4n) is 1.22. The van der Waals surface area contributed by atoms with E-state index in [0.29, 0.717) is 11.3 Å². The van der Waals surface area contributed by atoms with E-state index >= 15 is 0 Å². The zero-order valence-electron chi connectivity index (χ0n) is 12.4. The van der Waals surface area contributed by atoms with Crippen molar-refractivity contribution in [3.63, 3.8) is 0 Å². The maximum absolute atomic E-state index is 12.4. The monoisotopic (exact) mass is 339 g/mol. The minimum absolute atomic E-state index is 0.199. The first-order valence-electron chi connectivity index (χ1n) is 6.21. The molecule has 0 aliphatic heterocycles. The first-order chi connectivity index (χ1) is 9.88. The van der Waals surface area contributed by atoms with Crippen LogP contribution in [0.5, 0.6) is 0 Å². The molecule has 0 radical (unpaired) electrons. The van der Waals surface area contributed by atoms with Gasteiger partial charge >= 0.3 is 12.3 Å². The van der Waals surface area contributed by atoms with Crippen molar-refractivity contribution in [2.75, 3.05) is 5.32 Å². The van der Waals surface area contributed by atoms with E-state index in [1.165, 1.54) is 6.92 Å². The van der Waals surface area contributed by atoms with E-state index in [2.05, 4.69) is 15.6 Å². The molecule has 1 aromatic rings. The van der Waals surface area contributed by atoms with Crippen molar-refractivity contribution in [3.8, 4) is 0 Å². The first-order valence-corrected chi connectivity index (χ1v) is 7.09. The summed E-state index contributed by atoms with van der Waals surface area (Å²) in [5.74, 6) is -0.700. The predicted molar refractivity (Wildman–Crippen MR) is 74.6 cm³/mol. The molecule has 1 aromatic heterocycles. The smallest absolute Gasteiger partial charge is 0.434 e. The SMILES string of the molecule is CC(NC(=O)OC(C)(C)C)C(=O)Nc1nc(C(F)(F)F)cs1. The van der Waals surface area contributed by atoms with Crippen LogP contribution in [0.3, 0.4) is 0 Å². The number of nitrogens with one attached hydrogen (secondary N) is 2. The number of ether oxygens (including phenoxy) is 1. The number of aromatic nitrogens is 1. The summed E-state index contributed by atoms with van der Waals surface area (Å²) in [7, 11) is 0. The summed E-state index contributed by atoms with van der Waals surface area (Å²) >= 11 is 0.644. The van der Waals surface area contributed by atoms with Crippen molar-refractivity contribution >= 4 is 28.5 Å². The predicted octanol–water partition coefficient (Wildman–Crippen LogP) is 3.01. The van der Waals surface area contributed by atoms with Crippen LogP contribution in [0.15, 0.2) is 5.38 Å². The molecule has 0 bridgehead atoms. The number of alkyl carbamates (subject to hydrolysis) is 1. The van der Waals surface area contributed by atoms with Crippen LogP contribution < -0.4 is 10.6 Å². The van der Waals surface area contributed by atoms with Gasteiger partial charge in [0.1, 0.15) is 11.6 Å². The molecule has 0 saturated carbocycles. The molecule has 0 spiro atoms. The Kier molecular flexibility index (Phi) is 5.39. The largest absolute Gasteiger partial charge is 0.444 e. The zero-order valence-corrected chi connectivity index (χ0v) is 13.2. The summed E-state index contributed by atoms with van der Waals surface area (Å²) < 4.78 is 42.1. The van der Waals surface area contributed by atoms with E-state index in [-0.39, 0.29) is 5.13 Å². The summed E-state index contributed by atoms with van der Waals surface area (Å²) in [5.41, 5.74) is -1.81. The highest BCUT2D eigenvalue weighted by Gasteiger charge is 2.34. The number of hydrogen-bond acceptors (Lipinski definition) is 5. The molecule has 124 valence electrons. The number of carbonyl (C=O) groups excluding carboxylic acids is 2. The highest BCUT2D eigenvalue weighted by atomic mass is 32.1. The van der Waals surface area contributed by atoms with Gasteiger partial charge in [-0.25, -0.2) is 9.78 Å². The Morgan fingerprint density at radius 3 is 2.36 bits per heavy atom. The first kappa shape index (κ1) is 18.2. The maximum atomic E-state index is 12.4. The molecule has 1 rings (SSSR count). The lowest BCUT2D eigenvalue weighted by molar-refractivity contribution is -0.140. The van der Waals surface area contributed by atoms with Gasteiger partial charge in [0.2, 0.25) is 5.91 Å². The number of amides is 2. The van der Waals surface area contributed by atoms with Crippen molar-refractivity contribution in [2.24, 2.45) is 0 Å². The Morgan fingerprint density at radius 2 is 1.91 bits per heavy atom. The molecule has 2 amide bonds. The molecule has 0 saturated heterocycles. The minimum atomic E-state index is -4.57. The van der Waals surface area contributed by atoms with Crippen LogP contribution in [0, 0.1) is 0 Å². The Bertz CT molecular complexity index is 552. The normalized spacial score (nSPS) is 13.4. The average Bonchev–Trinajstić information content (AvgIpc) is 2.74. The number of carbonyl (C=O) groups is 2. The molecular weight excluding hydrogens is 323 g/mol. The summed E-state index contributed by atoms with van der Waals surface area (Å²) in [5, 5.41) is 5.07. The van der Waals surface area contributed by atoms with Crippen molar-refractivity contribution in [1.29, 1.82) is 0 Å². The molecule has 0 aromatic carbocycles. The second-order valence-electron chi connectivity index (χ2n) is 5.39. The lowest BCUT2D eigenvalue weighted by atomic mass is 10.2. The molecule has 2 N–H and O–H groups in total. The third-order valence-electron chi connectivity index (χ3n) is 2.15. The van der Waals surface area contributed by atoms with Crippen LogP contribution in [0.2, 0.25) is 0 Å². The van der Waals surface area contributed by atoms with E-state index < -0.39 is 35.5 Å². The highest BCUT2D eigenvalue weighted by Crippen LogP contribution is 2.31. The van der Waals surface area contributed by atoms with Crippen LogP contribution in [0.1, 0.15) is 33.4 Å². The van der Waals surface area contributed by atoms with Crippen molar-refractivity contribution in [3.05, 3.63) is 11.1 Å². The summed E-state index contributed by atoms with van der Waals surface area (Å²) in [6.45, 7) is 6.35. The van der Waals surface area contributed by atoms with Gasteiger partial charge in [0.25, 0.3) is 0 Å². The second kappa shape index (κ2) is 6.51. The Balaban J connectivity index is 2.58. The van der Waals surface area contributed by atoms with Gasteiger partial charge in [0, 0.05) is 5.38 Å². The van der Waals surface area contributed by atoms with Gasteiger partial charge in [-0.2, -0.15) is 13.2 Å². The molecule has 0 fully saturated rings. The number of alkyl halides is 3. The third kappa shape index (κ3) is 5.88. The van der Waals surface area contributed by atoms with Crippen LogP contribution in [-0.2, 0) is 15.7 Å². The summed E-state index contributed by atoms with van der Waals surface area (Å²) in [6.07, 6.45) is -5.37. The average molecular weight is 339 g/mol. The number of rotatable bonds is 3. The molecule has 1 unspecified atom stereocenters. The van der Waals surface area contributed by atoms with Crippen LogP contribution in [0.4, 0.5) is 23.1 Å². The number of anilines is 1.